The topological polar surface area (TPSA) is 97.0 Å². The van der Waals surface area contributed by atoms with Gasteiger partial charge in [-0.25, -0.2) is 0 Å². The highest BCUT2D eigenvalue weighted by Gasteiger charge is 2.12. The third-order valence-electron chi connectivity index (χ3n) is 4.47. The molecule has 0 spiro atoms. The van der Waals surface area contributed by atoms with Gasteiger partial charge in [0.15, 0.2) is 5.82 Å². The van der Waals surface area contributed by atoms with Crippen molar-refractivity contribution in [3.05, 3.63) is 76.2 Å². The van der Waals surface area contributed by atoms with Gasteiger partial charge in [0.1, 0.15) is 11.4 Å². The molecular formula is C22H24N4O3. The van der Waals surface area contributed by atoms with Gasteiger partial charge in [-0.3, -0.25) is 9.59 Å². The van der Waals surface area contributed by atoms with E-state index in [1.165, 1.54) is 0 Å². The van der Waals surface area contributed by atoms with Crippen molar-refractivity contribution in [3.63, 3.8) is 0 Å². The molecule has 0 radical (unpaired) electrons. The zero-order valence-corrected chi connectivity index (χ0v) is 16.5. The summed E-state index contributed by atoms with van der Waals surface area (Å²) in [6.45, 7) is 4.42. The zero-order valence-electron chi connectivity index (χ0n) is 16.5. The summed E-state index contributed by atoms with van der Waals surface area (Å²) in [6.07, 6.45) is 0.385. The molecule has 2 aromatic carbocycles. The molecule has 1 atom stereocenters. The average Bonchev–Trinajstić information content (AvgIpc) is 2.74. The quantitative estimate of drug-likeness (QED) is 0.614. The van der Waals surface area contributed by atoms with Crippen molar-refractivity contribution in [2.75, 3.05) is 6.61 Å². The van der Waals surface area contributed by atoms with Crippen molar-refractivity contribution in [2.45, 2.75) is 32.7 Å². The minimum Gasteiger partial charge on any atom is -0.494 e. The molecular weight excluding hydrogens is 368 g/mol. The number of amides is 1. The molecule has 7 nitrogen and oxygen atoms in total. The number of benzene rings is 2. The van der Waals surface area contributed by atoms with Crippen LogP contribution in [0, 0.1) is 0 Å². The van der Waals surface area contributed by atoms with Gasteiger partial charge in [0.2, 0.25) is 5.91 Å². The van der Waals surface area contributed by atoms with Crippen molar-refractivity contribution in [1.29, 1.82) is 0 Å². The largest absolute Gasteiger partial charge is 0.494 e. The number of hydrogen-bond donors (Lipinski definition) is 2. The third kappa shape index (κ3) is 5.51. The molecule has 0 saturated carbocycles. The summed E-state index contributed by atoms with van der Waals surface area (Å²) in [4.78, 5) is 27.3. The van der Waals surface area contributed by atoms with Crippen LogP contribution in [0.1, 0.15) is 37.6 Å². The molecule has 1 heterocycles. The van der Waals surface area contributed by atoms with Gasteiger partial charge in [-0.05, 0) is 43.7 Å². The number of nitrogens with one attached hydrogen (secondary N) is 2. The third-order valence-corrected chi connectivity index (χ3v) is 4.47. The molecule has 3 rings (SSSR count). The molecule has 150 valence electrons. The molecule has 1 unspecified atom stereocenters. The van der Waals surface area contributed by atoms with Crippen molar-refractivity contribution in [1.82, 2.24) is 20.5 Å². The summed E-state index contributed by atoms with van der Waals surface area (Å²) in [6, 6.07) is 16.8. The number of aryl methyl sites for hydroxylation is 1. The Morgan fingerprint density at radius 3 is 2.48 bits per heavy atom. The van der Waals surface area contributed by atoms with E-state index >= 15 is 0 Å². The number of ether oxygens (including phenoxy) is 1. The minimum absolute atomic E-state index is 0.102. The van der Waals surface area contributed by atoms with Crippen LogP contribution >= 0.6 is 0 Å². The Balaban J connectivity index is 1.59. The normalized spacial score (nSPS) is 11.7. The summed E-state index contributed by atoms with van der Waals surface area (Å²) in [7, 11) is 0. The van der Waals surface area contributed by atoms with Crippen LogP contribution < -0.4 is 15.6 Å². The van der Waals surface area contributed by atoms with Crippen molar-refractivity contribution < 1.29 is 9.53 Å². The average molecular weight is 392 g/mol. The molecule has 0 aliphatic rings. The van der Waals surface area contributed by atoms with Gasteiger partial charge in [0.05, 0.1) is 12.6 Å². The number of aromatic nitrogens is 3. The second kappa shape index (κ2) is 9.64. The fourth-order valence-electron chi connectivity index (χ4n) is 2.90. The Morgan fingerprint density at radius 1 is 1.10 bits per heavy atom. The van der Waals surface area contributed by atoms with E-state index in [4.69, 9.17) is 4.74 Å². The molecule has 0 fully saturated rings. The van der Waals surface area contributed by atoms with E-state index < -0.39 is 0 Å². The molecule has 29 heavy (non-hydrogen) atoms. The highest BCUT2D eigenvalue weighted by Crippen LogP contribution is 2.18. The molecule has 0 saturated heterocycles. The molecule has 7 heteroatoms. The molecule has 0 aliphatic carbocycles. The van der Waals surface area contributed by atoms with E-state index in [1.807, 2.05) is 68.4 Å². The molecule has 1 aromatic heterocycles. The Bertz CT molecular complexity index is 1000. The fourth-order valence-corrected chi connectivity index (χ4v) is 2.90. The summed E-state index contributed by atoms with van der Waals surface area (Å²) < 4.78 is 5.40. The van der Waals surface area contributed by atoms with Gasteiger partial charge in [0, 0.05) is 18.4 Å². The summed E-state index contributed by atoms with van der Waals surface area (Å²) in [5.74, 6) is 0.987. The Morgan fingerprint density at radius 2 is 1.83 bits per heavy atom. The van der Waals surface area contributed by atoms with Crippen LogP contribution in [0.15, 0.2) is 59.4 Å². The highest BCUT2D eigenvalue weighted by molar-refractivity contribution is 5.76. The first kappa shape index (κ1) is 20.3. The molecule has 3 aromatic rings. The number of hydrogen-bond acceptors (Lipinski definition) is 5. The van der Waals surface area contributed by atoms with Crippen LogP contribution in [0.25, 0.3) is 11.4 Å². The lowest BCUT2D eigenvalue weighted by atomic mass is 10.1. The lowest BCUT2D eigenvalue weighted by Crippen LogP contribution is -2.28. The van der Waals surface area contributed by atoms with Crippen LogP contribution in [0.2, 0.25) is 0 Å². The monoisotopic (exact) mass is 392 g/mol. The molecule has 0 aliphatic heterocycles. The van der Waals surface area contributed by atoms with Crippen molar-refractivity contribution in [2.24, 2.45) is 0 Å². The second-order valence-corrected chi connectivity index (χ2v) is 6.61. The first-order chi connectivity index (χ1) is 14.1. The number of nitrogens with zero attached hydrogens (tertiary/aromatic N) is 2. The summed E-state index contributed by atoms with van der Waals surface area (Å²) >= 11 is 0. The first-order valence-electron chi connectivity index (χ1n) is 9.60. The number of carbonyl (C=O) groups is 1. The van der Waals surface area contributed by atoms with Crippen LogP contribution in [0.4, 0.5) is 0 Å². The first-order valence-corrected chi connectivity index (χ1v) is 9.60. The predicted octanol–water partition coefficient (Wildman–Crippen LogP) is 3.04. The lowest BCUT2D eigenvalue weighted by molar-refractivity contribution is -0.121. The zero-order chi connectivity index (χ0) is 20.6. The number of H-pyrrole nitrogens is 1. The Labute approximate surface area is 169 Å². The molecule has 1 amide bonds. The maximum atomic E-state index is 12.3. The van der Waals surface area contributed by atoms with Crippen LogP contribution in [0.3, 0.4) is 0 Å². The highest BCUT2D eigenvalue weighted by atomic mass is 16.5. The van der Waals surface area contributed by atoms with Gasteiger partial charge in [-0.2, -0.15) is 0 Å². The Hall–Kier alpha value is -3.48. The van der Waals surface area contributed by atoms with Gasteiger partial charge in [0.25, 0.3) is 5.56 Å². The lowest BCUT2D eigenvalue weighted by Gasteiger charge is -2.14. The van der Waals surface area contributed by atoms with E-state index in [0.717, 1.165) is 16.9 Å². The summed E-state index contributed by atoms with van der Waals surface area (Å²) in [5, 5.41) is 11.0. The van der Waals surface area contributed by atoms with Gasteiger partial charge in [-0.1, -0.05) is 30.3 Å². The predicted molar refractivity (Wildman–Crippen MR) is 111 cm³/mol. The van der Waals surface area contributed by atoms with E-state index in [1.54, 1.807) is 0 Å². The number of rotatable bonds is 8. The van der Waals surface area contributed by atoms with E-state index in [0.29, 0.717) is 12.4 Å². The fraction of sp³-hybridized carbons (Fsp3) is 0.273. The smallest absolute Gasteiger partial charge is 0.273 e. The maximum Gasteiger partial charge on any atom is 0.273 e. The maximum absolute atomic E-state index is 12.3. The van der Waals surface area contributed by atoms with E-state index in [9.17, 15) is 9.59 Å². The molecule has 0 bridgehead atoms. The van der Waals surface area contributed by atoms with E-state index in [-0.39, 0.29) is 36.0 Å². The van der Waals surface area contributed by atoms with Gasteiger partial charge in [-0.15, -0.1) is 10.2 Å². The molecule has 2 N–H and O–H groups in total. The van der Waals surface area contributed by atoms with Crippen LogP contribution in [-0.2, 0) is 11.2 Å². The van der Waals surface area contributed by atoms with Gasteiger partial charge < -0.3 is 15.0 Å². The number of carbonyl (C=O) groups excluding carboxylic acids is 1. The van der Waals surface area contributed by atoms with Gasteiger partial charge >= 0.3 is 0 Å². The standard InChI is InChI=1S/C22H24N4O3/c1-3-29-18-11-9-17(10-12-18)21-24-22(28)19(25-26-21)13-14-20(27)23-15(2)16-7-5-4-6-8-16/h4-12,15H,3,13-14H2,1-2H3,(H,23,27)(H,24,26,28). The second-order valence-electron chi connectivity index (χ2n) is 6.61. The van der Waals surface area contributed by atoms with Crippen molar-refractivity contribution in [3.8, 4) is 17.1 Å². The SMILES string of the molecule is CCOc1ccc(-c2nnc(CCC(=O)NC(C)c3ccccc3)c(=O)[nH]2)cc1. The van der Waals surface area contributed by atoms with Crippen LogP contribution in [0.5, 0.6) is 5.75 Å². The number of aromatic amines is 1. The summed E-state index contributed by atoms with van der Waals surface area (Å²) in [5.41, 5.74) is 1.66. The van der Waals surface area contributed by atoms with Crippen molar-refractivity contribution >= 4 is 5.91 Å². The minimum atomic E-state index is -0.340. The Kier molecular flexibility index (Phi) is 6.73. The van der Waals surface area contributed by atoms with Crippen LogP contribution in [-0.4, -0.2) is 27.7 Å². The van der Waals surface area contributed by atoms with E-state index in [2.05, 4.69) is 20.5 Å².